The van der Waals surface area contributed by atoms with E-state index in [1.165, 1.54) is 11.8 Å². The average molecular weight is 319 g/mol. The van der Waals surface area contributed by atoms with Crippen LogP contribution >= 0.6 is 11.8 Å². The summed E-state index contributed by atoms with van der Waals surface area (Å²) in [5.41, 5.74) is 0. The van der Waals surface area contributed by atoms with Crippen LogP contribution in [0.2, 0.25) is 0 Å². The van der Waals surface area contributed by atoms with Crippen molar-refractivity contribution in [2.75, 3.05) is 18.6 Å². The van der Waals surface area contributed by atoms with Crippen molar-refractivity contribution < 1.29 is 19.5 Å². The van der Waals surface area contributed by atoms with Crippen molar-refractivity contribution in [3.05, 3.63) is 0 Å². The molecule has 0 saturated carbocycles. The van der Waals surface area contributed by atoms with Crippen molar-refractivity contribution in [1.82, 2.24) is 16.0 Å². The predicted octanol–water partition coefficient (Wildman–Crippen LogP) is 0.797. The lowest BCUT2D eigenvalue weighted by Crippen LogP contribution is -2.47. The van der Waals surface area contributed by atoms with Gasteiger partial charge in [-0.05, 0) is 31.8 Å². The summed E-state index contributed by atoms with van der Waals surface area (Å²) in [5.74, 6) is -0.551. The molecule has 0 aromatic rings. The Bertz CT molecular complexity index is 352. The molecule has 0 aliphatic heterocycles. The fourth-order valence-corrected chi connectivity index (χ4v) is 1.91. The Morgan fingerprint density at radius 3 is 2.43 bits per heavy atom. The van der Waals surface area contributed by atoms with Crippen LogP contribution in [0.1, 0.15) is 33.1 Å². The molecule has 3 amide bonds. The van der Waals surface area contributed by atoms with Crippen molar-refractivity contribution in [3.8, 4) is 0 Å². The van der Waals surface area contributed by atoms with E-state index in [0.29, 0.717) is 12.2 Å². The topological polar surface area (TPSA) is 108 Å². The van der Waals surface area contributed by atoms with Gasteiger partial charge in [-0.3, -0.25) is 4.79 Å². The van der Waals surface area contributed by atoms with Gasteiger partial charge in [0.05, 0.1) is 0 Å². The van der Waals surface area contributed by atoms with Crippen LogP contribution in [0.5, 0.6) is 0 Å². The van der Waals surface area contributed by atoms with Crippen LogP contribution in [-0.2, 0) is 9.59 Å². The number of aliphatic carboxylic acids is 1. The third-order valence-corrected chi connectivity index (χ3v) is 3.52. The highest BCUT2D eigenvalue weighted by Gasteiger charge is 2.19. The Labute approximate surface area is 129 Å². The maximum atomic E-state index is 11.6. The van der Waals surface area contributed by atoms with Gasteiger partial charge in [-0.25, -0.2) is 9.59 Å². The summed E-state index contributed by atoms with van der Waals surface area (Å²) in [5, 5.41) is 16.6. The molecule has 21 heavy (non-hydrogen) atoms. The van der Waals surface area contributed by atoms with Crippen molar-refractivity contribution in [1.29, 1.82) is 0 Å². The van der Waals surface area contributed by atoms with E-state index in [9.17, 15) is 14.4 Å². The van der Waals surface area contributed by atoms with Crippen molar-refractivity contribution in [2.24, 2.45) is 0 Å². The monoisotopic (exact) mass is 319 g/mol. The van der Waals surface area contributed by atoms with Gasteiger partial charge < -0.3 is 21.1 Å². The first-order valence-corrected chi connectivity index (χ1v) is 8.35. The number of carbonyl (C=O) groups is 3. The second-order valence-electron chi connectivity index (χ2n) is 4.70. The number of carboxylic acids is 1. The molecular formula is C13H25N3O4S. The molecule has 0 fully saturated rings. The van der Waals surface area contributed by atoms with Crippen LogP contribution in [0.3, 0.4) is 0 Å². The molecule has 0 aromatic carbocycles. The molecular weight excluding hydrogens is 294 g/mol. The van der Waals surface area contributed by atoms with Gasteiger partial charge in [-0.2, -0.15) is 11.8 Å². The summed E-state index contributed by atoms with van der Waals surface area (Å²) in [6.45, 7) is 4.04. The quantitative estimate of drug-likeness (QED) is 0.476. The van der Waals surface area contributed by atoms with Gasteiger partial charge in [0.25, 0.3) is 0 Å². The lowest BCUT2D eigenvalue weighted by atomic mass is 10.2. The predicted molar refractivity (Wildman–Crippen MR) is 83.5 cm³/mol. The summed E-state index contributed by atoms with van der Waals surface area (Å²) in [6, 6.07) is -1.37. The summed E-state index contributed by atoms with van der Waals surface area (Å²) in [4.78, 5) is 34.0. The van der Waals surface area contributed by atoms with Crippen LogP contribution in [0, 0.1) is 0 Å². The Morgan fingerprint density at radius 2 is 1.90 bits per heavy atom. The minimum absolute atomic E-state index is 0.106. The van der Waals surface area contributed by atoms with E-state index in [1.54, 1.807) is 0 Å². The summed E-state index contributed by atoms with van der Waals surface area (Å²) >= 11 is 1.52. The van der Waals surface area contributed by atoms with Crippen LogP contribution in [0.15, 0.2) is 0 Å². The van der Waals surface area contributed by atoms with E-state index >= 15 is 0 Å². The maximum absolute atomic E-state index is 11.6. The molecule has 4 N–H and O–H groups in total. The van der Waals surface area contributed by atoms with Crippen LogP contribution in [-0.4, -0.2) is 53.7 Å². The third-order valence-electron chi connectivity index (χ3n) is 2.87. The molecule has 0 aliphatic carbocycles. The number of carbonyl (C=O) groups excluding carboxylic acids is 2. The van der Waals surface area contributed by atoms with Gasteiger partial charge in [-0.1, -0.05) is 6.92 Å². The molecule has 0 aliphatic rings. The molecule has 0 radical (unpaired) electrons. The number of rotatable bonds is 10. The molecule has 7 nitrogen and oxygen atoms in total. The zero-order valence-electron chi connectivity index (χ0n) is 12.8. The second-order valence-corrected chi connectivity index (χ2v) is 5.68. The smallest absolute Gasteiger partial charge is 0.326 e. The number of urea groups is 1. The number of carboxylic acid groups (broad SMARTS) is 1. The highest BCUT2D eigenvalue weighted by molar-refractivity contribution is 7.98. The highest BCUT2D eigenvalue weighted by Crippen LogP contribution is 2.00. The largest absolute Gasteiger partial charge is 0.480 e. The van der Waals surface area contributed by atoms with E-state index in [-0.39, 0.29) is 24.9 Å². The number of amides is 3. The Balaban J connectivity index is 3.97. The molecule has 0 saturated heterocycles. The van der Waals surface area contributed by atoms with E-state index < -0.39 is 18.0 Å². The Hall–Kier alpha value is -1.44. The Kier molecular flexibility index (Phi) is 10.5. The minimum atomic E-state index is -1.06. The van der Waals surface area contributed by atoms with Crippen LogP contribution in [0.4, 0.5) is 4.79 Å². The fraction of sp³-hybridized carbons (Fsp3) is 0.769. The first-order chi connectivity index (χ1) is 9.90. The number of hydrogen-bond acceptors (Lipinski definition) is 4. The molecule has 1 unspecified atom stereocenters. The standard InChI is InChI=1S/C13H25N3O4S/c1-4-9(2)15-11(17)5-7-14-13(20)16-10(12(18)19)6-8-21-3/h9-10H,4-8H2,1-3H3,(H,15,17)(H,18,19)(H2,14,16,20)/t9?,10-/m0/s1. The van der Waals surface area contributed by atoms with Crippen molar-refractivity contribution in [2.45, 2.75) is 45.2 Å². The molecule has 8 heteroatoms. The van der Waals surface area contributed by atoms with Crippen molar-refractivity contribution >= 4 is 29.7 Å². The van der Waals surface area contributed by atoms with E-state index in [4.69, 9.17) is 5.11 Å². The van der Waals surface area contributed by atoms with Gasteiger partial charge in [0.15, 0.2) is 0 Å². The van der Waals surface area contributed by atoms with Crippen LogP contribution < -0.4 is 16.0 Å². The van der Waals surface area contributed by atoms with E-state index in [2.05, 4.69) is 16.0 Å². The molecule has 122 valence electrons. The van der Waals surface area contributed by atoms with E-state index in [0.717, 1.165) is 6.42 Å². The van der Waals surface area contributed by atoms with Gasteiger partial charge in [0, 0.05) is 19.0 Å². The summed E-state index contributed by atoms with van der Waals surface area (Å²) in [7, 11) is 0. The lowest BCUT2D eigenvalue weighted by Gasteiger charge is -2.15. The first-order valence-electron chi connectivity index (χ1n) is 6.96. The van der Waals surface area contributed by atoms with E-state index in [1.807, 2.05) is 20.1 Å². The average Bonchev–Trinajstić information content (AvgIpc) is 2.42. The highest BCUT2D eigenvalue weighted by atomic mass is 32.2. The summed E-state index contributed by atoms with van der Waals surface area (Å²) < 4.78 is 0. The Morgan fingerprint density at radius 1 is 1.24 bits per heavy atom. The third kappa shape index (κ3) is 10.0. The molecule has 0 heterocycles. The normalized spacial score (nSPS) is 13.1. The zero-order chi connectivity index (χ0) is 16.3. The minimum Gasteiger partial charge on any atom is -0.480 e. The molecule has 0 bridgehead atoms. The van der Waals surface area contributed by atoms with Gasteiger partial charge in [0.1, 0.15) is 6.04 Å². The number of thioether (sulfide) groups is 1. The number of nitrogens with one attached hydrogen (secondary N) is 3. The lowest BCUT2D eigenvalue weighted by molar-refractivity contribution is -0.139. The molecule has 0 rings (SSSR count). The van der Waals surface area contributed by atoms with Gasteiger partial charge in [-0.15, -0.1) is 0 Å². The molecule has 0 aromatic heterocycles. The zero-order valence-corrected chi connectivity index (χ0v) is 13.6. The maximum Gasteiger partial charge on any atom is 0.326 e. The first kappa shape index (κ1) is 19.6. The number of hydrogen-bond donors (Lipinski definition) is 4. The molecule has 2 atom stereocenters. The molecule has 0 spiro atoms. The van der Waals surface area contributed by atoms with Crippen LogP contribution in [0.25, 0.3) is 0 Å². The van der Waals surface area contributed by atoms with Gasteiger partial charge >= 0.3 is 12.0 Å². The van der Waals surface area contributed by atoms with Gasteiger partial charge in [0.2, 0.25) is 5.91 Å². The summed E-state index contributed by atoms with van der Waals surface area (Å²) in [6.07, 6.45) is 3.24. The fourth-order valence-electron chi connectivity index (χ4n) is 1.44. The van der Waals surface area contributed by atoms with Crippen molar-refractivity contribution in [3.63, 3.8) is 0 Å². The SMILES string of the molecule is CCC(C)NC(=O)CCNC(=O)N[C@@H](CCSC)C(=O)O. The second kappa shape index (κ2) is 11.2.